The van der Waals surface area contributed by atoms with Crippen LogP contribution >= 0.6 is 0 Å². The van der Waals surface area contributed by atoms with Gasteiger partial charge in [-0.25, -0.2) is 0 Å². The van der Waals surface area contributed by atoms with Gasteiger partial charge in [0, 0.05) is 0 Å². The second kappa shape index (κ2) is 4.06. The van der Waals surface area contributed by atoms with Crippen molar-refractivity contribution in [2.45, 2.75) is 31.8 Å². The largest absolute Gasteiger partial charge is 0.338 e. The molecule has 0 bridgehead atoms. The molecule has 1 aromatic heterocycles. The lowest BCUT2D eigenvalue weighted by molar-refractivity contribution is 0.340. The fourth-order valence-electron chi connectivity index (χ4n) is 1.59. The smallest absolute Gasteiger partial charge is 0.243 e. The zero-order chi connectivity index (χ0) is 9.97. The molecule has 78 valence electrons. The summed E-state index contributed by atoms with van der Waals surface area (Å²) >= 11 is 0. The van der Waals surface area contributed by atoms with Crippen molar-refractivity contribution >= 4 is 0 Å². The zero-order valence-electron chi connectivity index (χ0n) is 8.58. The van der Waals surface area contributed by atoms with Crippen molar-refractivity contribution in [2.75, 3.05) is 13.6 Å². The summed E-state index contributed by atoms with van der Waals surface area (Å²) < 4.78 is 5.17. The maximum Gasteiger partial charge on any atom is 0.243 e. The Balaban J connectivity index is 2.08. The fraction of sp³-hybridized carbons (Fsp3) is 0.778. The highest BCUT2D eigenvalue weighted by Gasteiger charge is 2.22. The third kappa shape index (κ3) is 1.78. The number of nitrogens with zero attached hydrogens (tertiary/aromatic N) is 2. The van der Waals surface area contributed by atoms with E-state index in [0.29, 0.717) is 5.89 Å². The first-order valence-electron chi connectivity index (χ1n) is 5.05. The molecule has 2 rings (SSSR count). The lowest BCUT2D eigenvalue weighted by atomic mass is 10.2. The van der Waals surface area contributed by atoms with Gasteiger partial charge in [-0.1, -0.05) is 5.16 Å². The highest BCUT2D eigenvalue weighted by molar-refractivity contribution is 4.98. The Morgan fingerprint density at radius 3 is 3.14 bits per heavy atom. The molecular weight excluding hydrogens is 180 g/mol. The first kappa shape index (κ1) is 9.61. The fourth-order valence-corrected chi connectivity index (χ4v) is 1.59. The molecule has 0 spiro atoms. The van der Waals surface area contributed by atoms with Crippen LogP contribution < -0.4 is 10.6 Å². The van der Waals surface area contributed by atoms with E-state index < -0.39 is 0 Å². The summed E-state index contributed by atoms with van der Waals surface area (Å²) in [6.07, 6.45) is 2.29. The van der Waals surface area contributed by atoms with E-state index in [1.54, 1.807) is 0 Å². The lowest BCUT2D eigenvalue weighted by Crippen LogP contribution is -2.15. The molecule has 0 saturated carbocycles. The number of hydrogen-bond donors (Lipinski definition) is 2. The van der Waals surface area contributed by atoms with Crippen molar-refractivity contribution in [3.8, 4) is 0 Å². The molecule has 2 heterocycles. The average Bonchev–Trinajstić information content (AvgIpc) is 2.86. The van der Waals surface area contributed by atoms with E-state index in [4.69, 9.17) is 4.52 Å². The van der Waals surface area contributed by atoms with Gasteiger partial charge in [-0.2, -0.15) is 4.98 Å². The van der Waals surface area contributed by atoms with Crippen LogP contribution in [0.3, 0.4) is 0 Å². The molecule has 2 atom stereocenters. The Kier molecular flexibility index (Phi) is 2.79. The summed E-state index contributed by atoms with van der Waals surface area (Å²) in [6, 6.07) is 0.411. The number of aromatic nitrogens is 2. The quantitative estimate of drug-likeness (QED) is 0.747. The minimum absolute atomic E-state index is 0.123. The van der Waals surface area contributed by atoms with Gasteiger partial charge >= 0.3 is 0 Å². The van der Waals surface area contributed by atoms with Crippen molar-refractivity contribution in [1.82, 2.24) is 20.8 Å². The van der Waals surface area contributed by atoms with Crippen LogP contribution in [0, 0.1) is 0 Å². The van der Waals surface area contributed by atoms with Gasteiger partial charge in [0.2, 0.25) is 5.89 Å². The second-order valence-corrected chi connectivity index (χ2v) is 3.65. The number of nitrogens with one attached hydrogen (secondary N) is 2. The highest BCUT2D eigenvalue weighted by atomic mass is 16.5. The maximum atomic E-state index is 5.17. The summed E-state index contributed by atoms with van der Waals surface area (Å²) in [5.41, 5.74) is 0. The van der Waals surface area contributed by atoms with Gasteiger partial charge in [0.1, 0.15) is 0 Å². The summed E-state index contributed by atoms with van der Waals surface area (Å²) in [7, 11) is 1.88. The van der Waals surface area contributed by atoms with Crippen LogP contribution in [0.25, 0.3) is 0 Å². The monoisotopic (exact) mass is 196 g/mol. The standard InChI is InChI=1S/C9H16N4O/c1-6(10-2)9-12-8(13-14-9)7-4-3-5-11-7/h6-7,10-11H,3-5H2,1-2H3. The van der Waals surface area contributed by atoms with Gasteiger partial charge in [0.15, 0.2) is 5.82 Å². The summed E-state index contributed by atoms with van der Waals surface area (Å²) in [5, 5.41) is 10.4. The van der Waals surface area contributed by atoms with E-state index in [1.165, 1.54) is 6.42 Å². The van der Waals surface area contributed by atoms with E-state index >= 15 is 0 Å². The van der Waals surface area contributed by atoms with Gasteiger partial charge in [0.25, 0.3) is 0 Å². The molecule has 5 nitrogen and oxygen atoms in total. The normalized spacial score (nSPS) is 24.0. The van der Waals surface area contributed by atoms with Crippen molar-refractivity contribution in [3.05, 3.63) is 11.7 Å². The van der Waals surface area contributed by atoms with Gasteiger partial charge in [0.05, 0.1) is 12.1 Å². The first-order valence-corrected chi connectivity index (χ1v) is 5.05. The van der Waals surface area contributed by atoms with Gasteiger partial charge in [-0.05, 0) is 33.4 Å². The minimum Gasteiger partial charge on any atom is -0.338 e. The average molecular weight is 196 g/mol. The summed E-state index contributed by atoms with van der Waals surface area (Å²) in [6.45, 7) is 3.05. The molecule has 2 unspecified atom stereocenters. The van der Waals surface area contributed by atoms with Gasteiger partial charge in [-0.3, -0.25) is 0 Å². The van der Waals surface area contributed by atoms with Crippen LogP contribution in [0.1, 0.15) is 43.6 Å². The van der Waals surface area contributed by atoms with E-state index in [-0.39, 0.29) is 12.1 Å². The van der Waals surface area contributed by atoms with Crippen molar-refractivity contribution in [1.29, 1.82) is 0 Å². The molecule has 0 aromatic carbocycles. The predicted octanol–water partition coefficient (Wildman–Crippen LogP) is 0.774. The first-order chi connectivity index (χ1) is 6.81. The van der Waals surface area contributed by atoms with E-state index in [0.717, 1.165) is 18.8 Å². The van der Waals surface area contributed by atoms with E-state index in [2.05, 4.69) is 20.8 Å². The number of hydrogen-bond acceptors (Lipinski definition) is 5. The summed E-state index contributed by atoms with van der Waals surface area (Å²) in [4.78, 5) is 4.36. The van der Waals surface area contributed by atoms with E-state index in [9.17, 15) is 0 Å². The molecule has 5 heteroatoms. The predicted molar refractivity (Wildman–Crippen MR) is 51.8 cm³/mol. The van der Waals surface area contributed by atoms with Crippen molar-refractivity contribution in [2.24, 2.45) is 0 Å². The molecule has 1 aromatic rings. The SMILES string of the molecule is CNC(C)c1nc(C2CCCN2)no1. The van der Waals surface area contributed by atoms with Crippen LogP contribution in [0.5, 0.6) is 0 Å². The third-order valence-corrected chi connectivity index (χ3v) is 2.63. The molecule has 0 aliphatic carbocycles. The highest BCUT2D eigenvalue weighted by Crippen LogP contribution is 2.21. The Morgan fingerprint density at radius 2 is 2.50 bits per heavy atom. The Morgan fingerprint density at radius 1 is 1.64 bits per heavy atom. The topological polar surface area (TPSA) is 63.0 Å². The molecule has 2 N–H and O–H groups in total. The molecule has 1 aliphatic rings. The Labute approximate surface area is 83.3 Å². The second-order valence-electron chi connectivity index (χ2n) is 3.65. The van der Waals surface area contributed by atoms with Gasteiger partial charge in [-0.15, -0.1) is 0 Å². The van der Waals surface area contributed by atoms with Crippen LogP contribution in [0.2, 0.25) is 0 Å². The van der Waals surface area contributed by atoms with Crippen LogP contribution in [-0.4, -0.2) is 23.7 Å². The van der Waals surface area contributed by atoms with Crippen LogP contribution in [0.4, 0.5) is 0 Å². The van der Waals surface area contributed by atoms with Crippen molar-refractivity contribution < 1.29 is 4.52 Å². The van der Waals surface area contributed by atoms with Crippen molar-refractivity contribution in [3.63, 3.8) is 0 Å². The van der Waals surface area contributed by atoms with E-state index in [1.807, 2.05) is 14.0 Å². The Bertz CT molecular complexity index is 293. The molecule has 1 fully saturated rings. The molecule has 0 amide bonds. The molecular formula is C9H16N4O. The maximum absolute atomic E-state index is 5.17. The summed E-state index contributed by atoms with van der Waals surface area (Å²) in [5.74, 6) is 1.45. The van der Waals surface area contributed by atoms with Crippen LogP contribution in [0.15, 0.2) is 4.52 Å². The molecule has 0 radical (unpaired) electrons. The molecule has 1 aliphatic heterocycles. The number of rotatable bonds is 3. The molecule has 1 saturated heterocycles. The molecule has 14 heavy (non-hydrogen) atoms. The van der Waals surface area contributed by atoms with Crippen LogP contribution in [-0.2, 0) is 0 Å². The third-order valence-electron chi connectivity index (χ3n) is 2.63. The minimum atomic E-state index is 0.123. The lowest BCUT2D eigenvalue weighted by Gasteiger charge is -2.03. The van der Waals surface area contributed by atoms with Gasteiger partial charge < -0.3 is 15.2 Å². The zero-order valence-corrected chi connectivity index (χ0v) is 8.58. The Hall–Kier alpha value is -0.940.